The summed E-state index contributed by atoms with van der Waals surface area (Å²) in [7, 11) is -0.402. The van der Waals surface area contributed by atoms with Crippen LogP contribution in [-0.4, -0.2) is 76.2 Å². The summed E-state index contributed by atoms with van der Waals surface area (Å²) in [6.45, 7) is 3.91. The van der Waals surface area contributed by atoms with Crippen molar-refractivity contribution in [1.29, 1.82) is 0 Å². The molecule has 2 aliphatic rings. The highest BCUT2D eigenvalue weighted by molar-refractivity contribution is 8.17. The van der Waals surface area contributed by atoms with E-state index in [1.54, 1.807) is 23.1 Å². The molecule has 4 heterocycles. The molecule has 4 unspecified atom stereocenters. The first-order valence-corrected chi connectivity index (χ1v) is 11.7. The lowest BCUT2D eigenvalue weighted by Crippen LogP contribution is -2.73. The number of carbonyl (C=O) groups excluding carboxylic acids is 2. The number of rotatable bonds is 6. The Morgan fingerprint density at radius 3 is 2.96 bits per heavy atom. The summed E-state index contributed by atoms with van der Waals surface area (Å²) in [5, 5.41) is 24.6. The zero-order valence-corrected chi connectivity index (χ0v) is 17.6. The van der Waals surface area contributed by atoms with E-state index in [0.717, 1.165) is 20.7 Å². The molecule has 0 aromatic carbocycles. The second kappa shape index (κ2) is 7.72. The monoisotopic (exact) mass is 438 g/mol. The Labute approximate surface area is 171 Å². The van der Waals surface area contributed by atoms with Crippen LogP contribution in [0.3, 0.4) is 0 Å². The van der Waals surface area contributed by atoms with Gasteiger partial charge in [0.25, 0.3) is 0 Å². The van der Waals surface area contributed by atoms with E-state index in [0.29, 0.717) is 0 Å². The molecule has 148 valence electrons. The number of nitrogens with zero attached hydrogens (tertiary/aromatic N) is 7. The molecule has 0 aliphatic carbocycles. The van der Waals surface area contributed by atoms with E-state index >= 15 is 0 Å². The third-order valence-corrected chi connectivity index (χ3v) is 8.30. The van der Waals surface area contributed by atoms with Crippen LogP contribution in [0.25, 0.3) is 0 Å². The van der Waals surface area contributed by atoms with Gasteiger partial charge in [-0.1, -0.05) is 29.0 Å². The highest BCUT2D eigenvalue weighted by Gasteiger charge is 2.53. The van der Waals surface area contributed by atoms with E-state index in [2.05, 4.69) is 42.3 Å². The number of hydrogen-bond donors (Lipinski definition) is 1. The van der Waals surface area contributed by atoms with Crippen molar-refractivity contribution in [3.63, 3.8) is 0 Å². The first-order valence-electron chi connectivity index (χ1n) is 8.41. The van der Waals surface area contributed by atoms with E-state index in [9.17, 15) is 9.59 Å². The number of β-lactam (4-membered cyclic amide) rings is 1. The van der Waals surface area contributed by atoms with Gasteiger partial charge in [-0.05, 0) is 35.3 Å². The number of nitrogens with one attached hydrogen (secondary N) is 1. The van der Waals surface area contributed by atoms with E-state index in [1.165, 1.54) is 11.0 Å². The van der Waals surface area contributed by atoms with Gasteiger partial charge in [0.15, 0.2) is 4.34 Å². The first-order chi connectivity index (χ1) is 13.4. The molecule has 13 heteroatoms. The SMILES string of the molecule is C=S1C=C(CSc2nnc(C)s2)C(C)N2C(=O)C(NC(=O)Cn3cnnn3)C21. The first kappa shape index (κ1) is 19.2. The number of carbonyl (C=O) groups is 2. The maximum atomic E-state index is 12.7. The predicted octanol–water partition coefficient (Wildman–Crippen LogP) is 0.265. The van der Waals surface area contributed by atoms with Gasteiger partial charge in [-0.3, -0.25) is 9.59 Å². The summed E-state index contributed by atoms with van der Waals surface area (Å²) in [5.74, 6) is 4.59. The summed E-state index contributed by atoms with van der Waals surface area (Å²) in [4.78, 5) is 26.7. The van der Waals surface area contributed by atoms with Gasteiger partial charge in [0, 0.05) is 5.75 Å². The zero-order chi connectivity index (χ0) is 19.8. The Balaban J connectivity index is 1.40. The summed E-state index contributed by atoms with van der Waals surface area (Å²) in [6.07, 6.45) is 1.36. The second-order valence-corrected chi connectivity index (χ2v) is 10.5. The molecular weight excluding hydrogens is 420 g/mol. The average molecular weight is 439 g/mol. The standard InChI is InChI=1S/C15H18N8O2S3/c1-8-10(5-26-15-19-18-9(2)27-15)6-28(3)14-12(13(25)23(8)14)17-11(24)4-22-7-16-20-21-22/h6-8,12,14H,3-5H2,1-2H3,(H,17,24). The van der Waals surface area contributed by atoms with Crippen LogP contribution in [0.15, 0.2) is 21.6 Å². The minimum absolute atomic E-state index is 0.0248. The maximum Gasteiger partial charge on any atom is 0.249 e. The van der Waals surface area contributed by atoms with Crippen LogP contribution in [-0.2, 0) is 16.1 Å². The number of aryl methyl sites for hydroxylation is 1. The summed E-state index contributed by atoms with van der Waals surface area (Å²) < 4.78 is 2.23. The van der Waals surface area contributed by atoms with Gasteiger partial charge in [0.2, 0.25) is 11.8 Å². The van der Waals surface area contributed by atoms with Crippen molar-refractivity contribution in [3.8, 4) is 0 Å². The molecule has 1 fully saturated rings. The third kappa shape index (κ3) is 3.61. The minimum Gasteiger partial charge on any atom is -0.340 e. The second-order valence-electron chi connectivity index (χ2n) is 6.40. The van der Waals surface area contributed by atoms with Crippen LogP contribution in [0.1, 0.15) is 11.9 Å². The van der Waals surface area contributed by atoms with Gasteiger partial charge in [0.05, 0.1) is 6.04 Å². The molecule has 2 aromatic heterocycles. The van der Waals surface area contributed by atoms with Crippen molar-refractivity contribution < 1.29 is 9.59 Å². The van der Waals surface area contributed by atoms with Crippen molar-refractivity contribution in [2.45, 2.75) is 42.2 Å². The van der Waals surface area contributed by atoms with Crippen molar-refractivity contribution >= 4 is 51.3 Å². The Hall–Kier alpha value is -2.12. The van der Waals surface area contributed by atoms with E-state index in [-0.39, 0.29) is 29.8 Å². The van der Waals surface area contributed by atoms with Gasteiger partial charge in [0.1, 0.15) is 29.3 Å². The number of thioether (sulfide) groups is 1. The fourth-order valence-corrected chi connectivity index (χ4v) is 7.08. The Kier molecular flexibility index (Phi) is 5.29. The van der Waals surface area contributed by atoms with E-state index in [1.807, 2.05) is 18.7 Å². The molecule has 4 rings (SSSR count). The number of tetrazole rings is 1. The van der Waals surface area contributed by atoms with Gasteiger partial charge in [-0.15, -0.1) is 25.8 Å². The fraction of sp³-hybridized carbons (Fsp3) is 0.467. The Bertz CT molecular complexity index is 956. The minimum atomic E-state index is -0.552. The van der Waals surface area contributed by atoms with E-state index < -0.39 is 16.5 Å². The molecule has 0 spiro atoms. The third-order valence-electron chi connectivity index (χ3n) is 4.53. The van der Waals surface area contributed by atoms with Crippen LogP contribution < -0.4 is 5.32 Å². The van der Waals surface area contributed by atoms with Crippen LogP contribution in [0, 0.1) is 6.92 Å². The molecule has 2 aromatic rings. The molecule has 2 aliphatic heterocycles. The topological polar surface area (TPSA) is 119 Å². The summed E-state index contributed by atoms with van der Waals surface area (Å²) >= 11 is 3.18. The lowest BCUT2D eigenvalue weighted by atomic mass is 10.00. The van der Waals surface area contributed by atoms with E-state index in [4.69, 9.17) is 0 Å². The van der Waals surface area contributed by atoms with Crippen LogP contribution in [0.4, 0.5) is 0 Å². The van der Waals surface area contributed by atoms with Gasteiger partial charge in [-0.2, -0.15) is 0 Å². The number of fused-ring (bicyclic) bond motifs is 1. The highest BCUT2D eigenvalue weighted by atomic mass is 32.2. The predicted molar refractivity (Wildman–Crippen MR) is 108 cm³/mol. The quantitative estimate of drug-likeness (QED) is 0.388. The number of hydrogen-bond acceptors (Lipinski definition) is 9. The smallest absolute Gasteiger partial charge is 0.249 e. The molecule has 28 heavy (non-hydrogen) atoms. The van der Waals surface area contributed by atoms with Crippen LogP contribution in [0.5, 0.6) is 0 Å². The fourth-order valence-electron chi connectivity index (χ4n) is 3.15. The van der Waals surface area contributed by atoms with Gasteiger partial charge < -0.3 is 10.2 Å². The van der Waals surface area contributed by atoms with Crippen LogP contribution in [0.2, 0.25) is 0 Å². The lowest BCUT2D eigenvalue weighted by Gasteiger charge is -2.53. The van der Waals surface area contributed by atoms with Crippen LogP contribution >= 0.6 is 33.6 Å². The summed E-state index contributed by atoms with van der Waals surface area (Å²) in [5.41, 5.74) is 1.15. The van der Waals surface area contributed by atoms with Crippen molar-refractivity contribution in [2.24, 2.45) is 0 Å². The molecule has 1 saturated heterocycles. The van der Waals surface area contributed by atoms with Crippen molar-refractivity contribution in [3.05, 3.63) is 22.3 Å². The zero-order valence-electron chi connectivity index (χ0n) is 15.2. The lowest BCUT2D eigenvalue weighted by molar-refractivity contribution is -0.150. The molecule has 2 amide bonds. The number of amides is 2. The Morgan fingerprint density at radius 2 is 2.29 bits per heavy atom. The highest BCUT2D eigenvalue weighted by Crippen LogP contribution is 2.44. The van der Waals surface area contributed by atoms with Crippen molar-refractivity contribution in [2.75, 3.05) is 5.75 Å². The largest absolute Gasteiger partial charge is 0.340 e. The normalized spacial score (nSPS) is 26.4. The molecule has 0 radical (unpaired) electrons. The Morgan fingerprint density at radius 1 is 1.46 bits per heavy atom. The molecular formula is C15H18N8O2S3. The molecule has 10 nitrogen and oxygen atoms in total. The number of aromatic nitrogens is 6. The molecule has 4 atom stereocenters. The average Bonchev–Trinajstić information content (AvgIpc) is 3.31. The molecule has 1 N–H and O–H groups in total. The maximum absolute atomic E-state index is 12.7. The van der Waals surface area contributed by atoms with Gasteiger partial charge in [-0.25, -0.2) is 4.68 Å². The van der Waals surface area contributed by atoms with Gasteiger partial charge >= 0.3 is 0 Å². The summed E-state index contributed by atoms with van der Waals surface area (Å²) in [6, 6.07) is -0.583. The van der Waals surface area contributed by atoms with Crippen molar-refractivity contribution in [1.82, 2.24) is 40.6 Å². The molecule has 0 bridgehead atoms. The molecule has 0 saturated carbocycles.